The fourth-order valence-corrected chi connectivity index (χ4v) is 3.53. The number of benzene rings is 2. The van der Waals surface area contributed by atoms with Crippen LogP contribution in [0.25, 0.3) is 11.0 Å². The molecule has 1 N–H and O–H groups in total. The third kappa shape index (κ3) is 4.02. The van der Waals surface area contributed by atoms with Crippen molar-refractivity contribution in [1.29, 1.82) is 0 Å². The highest BCUT2D eigenvalue weighted by molar-refractivity contribution is 5.79. The summed E-state index contributed by atoms with van der Waals surface area (Å²) in [5.41, 5.74) is 1.85. The van der Waals surface area contributed by atoms with Crippen molar-refractivity contribution in [2.24, 2.45) is 0 Å². The van der Waals surface area contributed by atoms with Crippen LogP contribution in [-0.4, -0.2) is 43.5 Å². The van der Waals surface area contributed by atoms with E-state index >= 15 is 0 Å². The van der Waals surface area contributed by atoms with Gasteiger partial charge in [0.25, 0.3) is 0 Å². The molecule has 5 nitrogen and oxygen atoms in total. The predicted molar refractivity (Wildman–Crippen MR) is 108 cm³/mol. The fraction of sp³-hybridized carbons (Fsp3) is 0.318. The summed E-state index contributed by atoms with van der Waals surface area (Å²) in [6, 6.07) is 16.4. The van der Waals surface area contributed by atoms with E-state index in [2.05, 4.69) is 10.2 Å². The van der Waals surface area contributed by atoms with E-state index in [1.165, 1.54) is 12.1 Å². The van der Waals surface area contributed by atoms with Gasteiger partial charge >= 0.3 is 0 Å². The van der Waals surface area contributed by atoms with Crippen LogP contribution in [0.2, 0.25) is 0 Å². The minimum Gasteiger partial charge on any atom is -0.459 e. The molecule has 1 atom stereocenters. The van der Waals surface area contributed by atoms with Crippen molar-refractivity contribution in [3.63, 3.8) is 0 Å². The number of carbonyl (C=O) groups is 1. The standard InChI is InChI=1S/C22H24FN3O2/c1-16(21-14-17-4-2-3-5-20(17)28-21)24-15-22(27)26-12-10-25(11-13-26)19-8-6-18(23)7-9-19/h2-9,14,16,24H,10-13,15H2,1H3. The lowest BCUT2D eigenvalue weighted by Gasteiger charge is -2.36. The van der Waals surface area contributed by atoms with Gasteiger partial charge in [0.2, 0.25) is 5.91 Å². The Bertz CT molecular complexity index is 913. The zero-order valence-corrected chi connectivity index (χ0v) is 15.9. The van der Waals surface area contributed by atoms with Crippen molar-refractivity contribution in [2.75, 3.05) is 37.6 Å². The van der Waals surface area contributed by atoms with E-state index in [0.29, 0.717) is 13.1 Å². The summed E-state index contributed by atoms with van der Waals surface area (Å²) >= 11 is 0. The Hall–Kier alpha value is -2.86. The first-order chi connectivity index (χ1) is 13.6. The van der Waals surface area contributed by atoms with Crippen molar-refractivity contribution in [1.82, 2.24) is 10.2 Å². The second kappa shape index (κ2) is 8.02. The predicted octanol–water partition coefficient (Wildman–Crippen LogP) is 3.57. The van der Waals surface area contributed by atoms with Crippen molar-refractivity contribution in [3.8, 4) is 0 Å². The first kappa shape index (κ1) is 18.5. The lowest BCUT2D eigenvalue weighted by Crippen LogP contribution is -2.51. The third-order valence-corrected chi connectivity index (χ3v) is 5.25. The zero-order chi connectivity index (χ0) is 19.5. The highest BCUT2D eigenvalue weighted by Gasteiger charge is 2.22. The summed E-state index contributed by atoms with van der Waals surface area (Å²) in [7, 11) is 0. The van der Waals surface area contributed by atoms with Crippen molar-refractivity contribution in [3.05, 3.63) is 66.2 Å². The Morgan fingerprint density at radius 3 is 2.54 bits per heavy atom. The molecule has 1 aromatic heterocycles. The number of nitrogens with zero attached hydrogens (tertiary/aromatic N) is 2. The highest BCUT2D eigenvalue weighted by atomic mass is 19.1. The first-order valence-electron chi connectivity index (χ1n) is 9.60. The molecule has 1 unspecified atom stereocenters. The van der Waals surface area contributed by atoms with Gasteiger partial charge < -0.3 is 14.2 Å². The second-order valence-corrected chi connectivity index (χ2v) is 7.13. The van der Waals surface area contributed by atoms with Gasteiger partial charge in [-0.05, 0) is 43.3 Å². The molecule has 4 rings (SSSR count). The maximum atomic E-state index is 13.1. The van der Waals surface area contributed by atoms with E-state index in [1.54, 1.807) is 12.1 Å². The monoisotopic (exact) mass is 381 g/mol. The second-order valence-electron chi connectivity index (χ2n) is 7.13. The number of halogens is 1. The van der Waals surface area contributed by atoms with E-state index in [1.807, 2.05) is 42.2 Å². The molecule has 1 saturated heterocycles. The largest absolute Gasteiger partial charge is 0.459 e. The Kier molecular flexibility index (Phi) is 5.30. The molecule has 0 radical (unpaired) electrons. The van der Waals surface area contributed by atoms with Gasteiger partial charge in [-0.2, -0.15) is 0 Å². The number of nitrogens with one attached hydrogen (secondary N) is 1. The molecule has 146 valence electrons. The number of para-hydroxylation sites is 1. The lowest BCUT2D eigenvalue weighted by atomic mass is 10.2. The van der Waals surface area contributed by atoms with Crippen LogP contribution in [0.15, 0.2) is 59.0 Å². The van der Waals surface area contributed by atoms with Crippen LogP contribution in [0, 0.1) is 5.82 Å². The van der Waals surface area contributed by atoms with Gasteiger partial charge in [0.15, 0.2) is 0 Å². The number of piperazine rings is 1. The van der Waals surface area contributed by atoms with Crippen molar-refractivity contribution in [2.45, 2.75) is 13.0 Å². The van der Waals surface area contributed by atoms with Gasteiger partial charge in [0.05, 0.1) is 12.6 Å². The molecule has 6 heteroatoms. The average molecular weight is 381 g/mol. The number of carbonyl (C=O) groups excluding carboxylic acids is 1. The summed E-state index contributed by atoms with van der Waals surface area (Å²) in [6.45, 7) is 5.09. The average Bonchev–Trinajstić information content (AvgIpc) is 3.17. The number of amides is 1. The minimum atomic E-state index is -0.234. The van der Waals surface area contributed by atoms with E-state index in [0.717, 1.165) is 35.5 Å². The Labute approximate surface area is 163 Å². The van der Waals surface area contributed by atoms with E-state index < -0.39 is 0 Å². The molecule has 1 amide bonds. The molecule has 1 fully saturated rings. The number of hydrogen-bond acceptors (Lipinski definition) is 4. The Morgan fingerprint density at radius 1 is 1.11 bits per heavy atom. The van der Waals surface area contributed by atoms with Crippen LogP contribution >= 0.6 is 0 Å². The molecular formula is C22H24FN3O2. The lowest BCUT2D eigenvalue weighted by molar-refractivity contribution is -0.130. The summed E-state index contributed by atoms with van der Waals surface area (Å²) in [6.07, 6.45) is 0. The topological polar surface area (TPSA) is 48.7 Å². The van der Waals surface area contributed by atoms with Crippen LogP contribution in [0.5, 0.6) is 0 Å². The number of furan rings is 1. The smallest absolute Gasteiger partial charge is 0.236 e. The van der Waals surface area contributed by atoms with E-state index in [4.69, 9.17) is 4.42 Å². The molecule has 3 aromatic rings. The molecule has 0 bridgehead atoms. The van der Waals surface area contributed by atoms with Crippen LogP contribution < -0.4 is 10.2 Å². The Balaban J connectivity index is 1.28. The molecule has 2 heterocycles. The fourth-order valence-electron chi connectivity index (χ4n) is 3.53. The number of anilines is 1. The first-order valence-corrected chi connectivity index (χ1v) is 9.60. The minimum absolute atomic E-state index is 0.0446. The van der Waals surface area contributed by atoms with Crippen LogP contribution in [-0.2, 0) is 4.79 Å². The maximum absolute atomic E-state index is 13.1. The van der Waals surface area contributed by atoms with Gasteiger partial charge in [-0.15, -0.1) is 0 Å². The molecular weight excluding hydrogens is 357 g/mol. The molecule has 1 aliphatic heterocycles. The molecule has 0 spiro atoms. The van der Waals surface area contributed by atoms with Gasteiger partial charge in [-0.3, -0.25) is 10.1 Å². The van der Waals surface area contributed by atoms with Gasteiger partial charge in [-0.1, -0.05) is 18.2 Å². The molecule has 28 heavy (non-hydrogen) atoms. The molecule has 0 aliphatic carbocycles. The SMILES string of the molecule is CC(NCC(=O)N1CCN(c2ccc(F)cc2)CC1)c1cc2ccccc2o1. The van der Waals surface area contributed by atoms with Gasteiger partial charge in [0, 0.05) is 37.3 Å². The van der Waals surface area contributed by atoms with E-state index in [9.17, 15) is 9.18 Å². The molecule has 0 saturated carbocycles. The number of fused-ring (bicyclic) bond motifs is 1. The summed E-state index contributed by atoms with van der Waals surface area (Å²) in [5.74, 6) is 0.680. The number of hydrogen-bond donors (Lipinski definition) is 1. The normalized spacial score (nSPS) is 15.8. The van der Waals surface area contributed by atoms with Gasteiger partial charge in [-0.25, -0.2) is 4.39 Å². The highest BCUT2D eigenvalue weighted by Crippen LogP contribution is 2.23. The van der Waals surface area contributed by atoms with E-state index in [-0.39, 0.29) is 24.3 Å². The third-order valence-electron chi connectivity index (χ3n) is 5.25. The van der Waals surface area contributed by atoms with Crippen LogP contribution in [0.1, 0.15) is 18.7 Å². The maximum Gasteiger partial charge on any atom is 0.236 e. The van der Waals surface area contributed by atoms with Crippen LogP contribution in [0.4, 0.5) is 10.1 Å². The molecule has 2 aromatic carbocycles. The van der Waals surface area contributed by atoms with Crippen LogP contribution in [0.3, 0.4) is 0 Å². The Morgan fingerprint density at radius 2 is 1.82 bits per heavy atom. The van der Waals surface area contributed by atoms with Crippen molar-refractivity contribution < 1.29 is 13.6 Å². The summed E-state index contributed by atoms with van der Waals surface area (Å²) < 4.78 is 18.9. The number of rotatable bonds is 5. The van der Waals surface area contributed by atoms with Crippen molar-refractivity contribution >= 4 is 22.6 Å². The zero-order valence-electron chi connectivity index (χ0n) is 15.9. The van der Waals surface area contributed by atoms with Gasteiger partial charge in [0.1, 0.15) is 17.2 Å². The summed E-state index contributed by atoms with van der Waals surface area (Å²) in [5, 5.41) is 4.33. The summed E-state index contributed by atoms with van der Waals surface area (Å²) in [4.78, 5) is 16.6. The molecule has 1 aliphatic rings. The quantitative estimate of drug-likeness (QED) is 0.734.